The standard InChI is InChI=1S/C24H17ClN4O2.2C23H16BrFN2O2.C23H16ClN3OS.C21H17ClN2O2/c25-17-8-6-16(7-9-17)24-19-4-2-1-3-18(19)23(31)29(24)12-11-28(24)22(30)15-5-10-20-21(13-15)27-14-26-20;24-17-5-3-4-16(14-17)23-20-7-2-1-6-19(20)22(29)27(23)13-12-26(23)21(28)15-8-10-18(25)11-9-15;24-20-8-4-3-7-19(20)23-18-6-2-1-5-17(18)22(29)27(23)14-13-26(23)21(28)15-9-11-16(25)12-10-15;24-16-11-9-15(10-12-16)23-18-6-2-1-5-17(18)21(28)26(23)13-14-27(23)22-25-19-7-3-4-8-20(19)29-22;22-16-9-7-15(8-10-16)21-19-6-2-1-5-18(19)20(25)24(21)12-11-23(21)14-17-4-3-13-26-17/h1-10,13-14H,11-12H2,(H,26,27);1-11,14H,12-13H2;2*1-12H,13-14H2;1-10,13H,11-12,14H2. The molecule has 10 aliphatic heterocycles. The number of fused-ring (bicyclic) bond motifs is 17. The number of aromatic nitrogens is 3. The van der Waals surface area contributed by atoms with Gasteiger partial charge in [-0.2, -0.15) is 0 Å². The molecule has 0 radical (unpaired) electrons. The molecule has 3 aromatic heterocycles. The van der Waals surface area contributed by atoms with Crippen LogP contribution in [-0.4, -0.2) is 172 Å². The van der Waals surface area contributed by atoms with Gasteiger partial charge in [-0.15, -0.1) is 0 Å². The van der Waals surface area contributed by atoms with E-state index in [0.29, 0.717) is 107 Å². The lowest BCUT2D eigenvalue weighted by Gasteiger charge is -2.41. The summed E-state index contributed by atoms with van der Waals surface area (Å²) in [5.41, 5.74) is 11.8. The molecule has 30 heteroatoms. The first-order valence-corrected chi connectivity index (χ1v) is 50.3. The van der Waals surface area contributed by atoms with Crippen molar-refractivity contribution in [2.45, 2.75) is 34.9 Å². The van der Waals surface area contributed by atoms with Crippen LogP contribution in [0.25, 0.3) is 21.3 Å². The number of furan rings is 1. The second-order valence-corrected chi connectivity index (χ2v) is 40.1. The molecule has 5 saturated heterocycles. The number of amides is 8. The second-order valence-electron chi connectivity index (χ2n) is 36.0. The Morgan fingerprint density at radius 2 is 0.743 bits per heavy atom. The summed E-state index contributed by atoms with van der Waals surface area (Å²) in [6.45, 7) is 5.97. The zero-order chi connectivity index (χ0) is 98.8. The van der Waals surface area contributed by atoms with Crippen LogP contribution in [0, 0.1) is 11.6 Å². The lowest BCUT2D eigenvalue weighted by molar-refractivity contribution is 0.0360. The van der Waals surface area contributed by atoms with Gasteiger partial charge < -0.3 is 53.5 Å². The zero-order valence-corrected chi connectivity index (χ0v) is 82.7. The highest BCUT2D eigenvalue weighted by molar-refractivity contribution is 9.10. The maximum Gasteiger partial charge on any atom is 0.256 e. The molecular formula is C114H82Br2Cl3F2N13O9S. The first kappa shape index (κ1) is 92.6. The van der Waals surface area contributed by atoms with Gasteiger partial charge in [0.25, 0.3) is 47.3 Å². The monoisotopic (exact) mass is 2110 g/mol. The molecule has 0 bridgehead atoms. The third kappa shape index (κ3) is 14.5. The quantitative estimate of drug-likeness (QED) is 0.127. The number of H-pyrrole nitrogens is 1. The fraction of sp³-hybridized carbons (Fsp3) is 0.140. The van der Waals surface area contributed by atoms with Crippen molar-refractivity contribution in [3.05, 3.63) is 500 Å². The minimum atomic E-state index is -1.04. The maximum atomic E-state index is 13.8. The van der Waals surface area contributed by atoms with Crippen molar-refractivity contribution in [1.82, 2.24) is 59.1 Å². The Hall–Kier alpha value is -15.1. The van der Waals surface area contributed by atoms with Crippen LogP contribution in [0.3, 0.4) is 0 Å². The molecule has 0 saturated carbocycles. The molecule has 0 aliphatic carbocycles. The van der Waals surface area contributed by atoms with Gasteiger partial charge in [0.05, 0.1) is 40.4 Å². The molecule has 144 heavy (non-hydrogen) atoms. The Morgan fingerprint density at radius 1 is 0.354 bits per heavy atom. The van der Waals surface area contributed by atoms with E-state index >= 15 is 0 Å². The van der Waals surface area contributed by atoms with Crippen molar-refractivity contribution in [2.24, 2.45) is 0 Å². The molecule has 0 spiro atoms. The average Bonchev–Trinajstić information content (AvgIpc) is 1.55. The van der Waals surface area contributed by atoms with Gasteiger partial charge in [0.15, 0.2) is 27.8 Å². The summed E-state index contributed by atoms with van der Waals surface area (Å²) in [4.78, 5) is 139. The molecule has 8 amide bonds. The Bertz CT molecular complexity index is 8040. The first-order chi connectivity index (χ1) is 70.1. The van der Waals surface area contributed by atoms with Crippen LogP contribution >= 0.6 is 78.0 Å². The number of anilines is 1. The van der Waals surface area contributed by atoms with Gasteiger partial charge in [-0.3, -0.25) is 43.3 Å². The predicted molar refractivity (Wildman–Crippen MR) is 552 cm³/mol. The van der Waals surface area contributed by atoms with Crippen molar-refractivity contribution >= 4 is 152 Å². The first-order valence-electron chi connectivity index (χ1n) is 46.8. The van der Waals surface area contributed by atoms with Gasteiger partial charge in [-0.05, 0) is 181 Å². The summed E-state index contributed by atoms with van der Waals surface area (Å²) in [6.07, 6.45) is 3.30. The van der Waals surface area contributed by atoms with Crippen LogP contribution in [0.2, 0.25) is 15.1 Å². The van der Waals surface area contributed by atoms with E-state index in [4.69, 9.17) is 44.2 Å². The van der Waals surface area contributed by atoms with Gasteiger partial charge in [0, 0.05) is 184 Å². The van der Waals surface area contributed by atoms with Crippen molar-refractivity contribution in [3.63, 3.8) is 0 Å². The molecule has 13 heterocycles. The lowest BCUT2D eigenvalue weighted by atomic mass is 9.89. The Labute approximate surface area is 860 Å². The highest BCUT2D eigenvalue weighted by atomic mass is 79.9. The number of hydrogen-bond acceptors (Lipinski definition) is 14. The summed E-state index contributed by atoms with van der Waals surface area (Å²) in [6, 6.07) is 105. The third-order valence-corrected chi connectivity index (χ3v) is 31.9. The molecule has 14 aromatic carbocycles. The van der Waals surface area contributed by atoms with Crippen LogP contribution in [0.4, 0.5) is 13.9 Å². The van der Waals surface area contributed by atoms with Gasteiger partial charge >= 0.3 is 0 Å². The van der Waals surface area contributed by atoms with Gasteiger partial charge in [0.1, 0.15) is 23.1 Å². The molecule has 27 rings (SSSR count). The largest absolute Gasteiger partial charge is 0.468 e. The highest BCUT2D eigenvalue weighted by Gasteiger charge is 2.65. The predicted octanol–water partition coefficient (Wildman–Crippen LogP) is 22.1. The molecule has 22 nitrogen and oxygen atoms in total. The van der Waals surface area contributed by atoms with Gasteiger partial charge in [-0.25, -0.2) is 18.7 Å². The van der Waals surface area contributed by atoms with Crippen molar-refractivity contribution in [2.75, 3.05) is 70.3 Å². The van der Waals surface area contributed by atoms with E-state index in [0.717, 1.165) is 121 Å². The van der Waals surface area contributed by atoms with E-state index in [-0.39, 0.29) is 47.3 Å². The van der Waals surface area contributed by atoms with Crippen molar-refractivity contribution < 1.29 is 51.6 Å². The number of hydrogen-bond donors (Lipinski definition) is 1. The smallest absolute Gasteiger partial charge is 0.256 e. The molecule has 1 N–H and O–H groups in total. The number of imidazole rings is 1. The molecule has 5 fully saturated rings. The normalized spacial score (nSPS) is 20.4. The summed E-state index contributed by atoms with van der Waals surface area (Å²) in [7, 11) is 0. The van der Waals surface area contributed by atoms with Crippen LogP contribution in [0.1, 0.15) is 144 Å². The molecular weight excluding hydrogens is 2030 g/mol. The fourth-order valence-electron chi connectivity index (χ4n) is 23.0. The van der Waals surface area contributed by atoms with Crippen LogP contribution in [0.15, 0.2) is 372 Å². The molecule has 5 atom stereocenters. The van der Waals surface area contributed by atoms with E-state index < -0.39 is 39.9 Å². The van der Waals surface area contributed by atoms with Crippen LogP contribution in [-0.2, 0) is 34.9 Å². The second kappa shape index (κ2) is 36.7. The topological polar surface area (TPSA) is 224 Å². The molecule has 10 aliphatic rings. The molecule has 17 aromatic rings. The summed E-state index contributed by atoms with van der Waals surface area (Å²) in [5, 5.41) is 2.89. The fourth-order valence-corrected chi connectivity index (χ4v) is 25.4. The number of rotatable bonds is 11. The number of nitrogens with one attached hydrogen (secondary N) is 1. The van der Waals surface area contributed by atoms with E-state index in [1.807, 2.05) is 259 Å². The number of thiazole rings is 1. The summed E-state index contributed by atoms with van der Waals surface area (Å²) in [5.74, 6) is -0.623. The molecule has 712 valence electrons. The van der Waals surface area contributed by atoms with Gasteiger partial charge in [-0.1, -0.05) is 248 Å². The Balaban J connectivity index is 0.0000000998. The Kier molecular flexibility index (Phi) is 23.6. The van der Waals surface area contributed by atoms with E-state index in [1.165, 1.54) is 48.5 Å². The minimum Gasteiger partial charge on any atom is -0.468 e. The average molecular weight is 2110 g/mol. The van der Waals surface area contributed by atoms with Crippen molar-refractivity contribution in [3.8, 4) is 0 Å². The number of aromatic amines is 1. The van der Waals surface area contributed by atoms with Crippen LogP contribution in [0.5, 0.6) is 0 Å². The van der Waals surface area contributed by atoms with Crippen molar-refractivity contribution in [1.29, 1.82) is 0 Å². The lowest BCUT2D eigenvalue weighted by Crippen LogP contribution is -2.51. The summed E-state index contributed by atoms with van der Waals surface area (Å²) >= 11 is 27.3. The number of benzene rings is 14. The SMILES string of the molecule is O=C(c1ccc(F)cc1)N1CCN2C(=O)c3ccccc3C12c1cccc(Br)c1.O=C(c1ccc(F)cc1)N1CCN2C(=O)c3ccccc3C12c1ccccc1Br.O=C(c1ccc2nc[nH]c2c1)N1CCN2C(=O)c3ccccc3C12c1ccc(Cl)cc1.O=C1c2ccccc2C2(c3ccc(Cl)cc3)N(Cc3ccco3)CCN12.O=C1c2ccccc2C2(c3ccc(Cl)cc3)N1CCN2c1nc2ccccc2s1. The summed E-state index contributed by atoms with van der Waals surface area (Å²) < 4.78 is 35.2. The number of halogens is 7. The highest BCUT2D eigenvalue weighted by Crippen LogP contribution is 2.58. The van der Waals surface area contributed by atoms with Crippen LogP contribution < -0.4 is 4.90 Å². The Morgan fingerprint density at radius 3 is 1.24 bits per heavy atom. The third-order valence-electron chi connectivity index (χ3n) is 28.9. The van der Waals surface area contributed by atoms with E-state index in [1.54, 1.807) is 83.7 Å². The number of nitrogens with zero attached hydrogens (tertiary/aromatic N) is 12. The minimum absolute atomic E-state index is 0.0649. The number of carbonyl (C=O) groups is 8. The van der Waals surface area contributed by atoms with E-state index in [9.17, 15) is 47.1 Å². The maximum absolute atomic E-state index is 13.8. The van der Waals surface area contributed by atoms with Gasteiger partial charge in [0.2, 0.25) is 0 Å². The number of carbonyl (C=O) groups excluding carboxylic acids is 8. The number of para-hydroxylation sites is 1. The zero-order valence-electron chi connectivity index (χ0n) is 76.4. The van der Waals surface area contributed by atoms with E-state index in [2.05, 4.69) is 69.8 Å². The molecule has 5 unspecified atom stereocenters.